The van der Waals surface area contributed by atoms with E-state index in [9.17, 15) is 18.0 Å². The molecular weight excluding hydrogens is 442 g/mol. The van der Waals surface area contributed by atoms with Crippen molar-refractivity contribution in [3.05, 3.63) is 59.7 Å². The van der Waals surface area contributed by atoms with Crippen molar-refractivity contribution in [3.8, 4) is 5.75 Å². The summed E-state index contributed by atoms with van der Waals surface area (Å²) in [5, 5.41) is 0. The smallest absolute Gasteiger partial charge is 0.268 e. The molecule has 0 unspecified atom stereocenters. The van der Waals surface area contributed by atoms with Gasteiger partial charge in [-0.1, -0.05) is 30.3 Å². The van der Waals surface area contributed by atoms with Crippen LogP contribution >= 0.6 is 0 Å². The van der Waals surface area contributed by atoms with E-state index in [0.29, 0.717) is 31.7 Å². The maximum Gasteiger partial charge on any atom is 0.268 e. The van der Waals surface area contributed by atoms with Crippen LogP contribution in [0.3, 0.4) is 0 Å². The van der Waals surface area contributed by atoms with Gasteiger partial charge in [0.2, 0.25) is 16.1 Å². The molecular formula is C24H29N3O5S. The van der Waals surface area contributed by atoms with Crippen molar-refractivity contribution in [3.63, 3.8) is 0 Å². The third kappa shape index (κ3) is 5.04. The second-order valence-electron chi connectivity index (χ2n) is 8.43. The molecule has 1 atom stereocenters. The van der Waals surface area contributed by atoms with E-state index in [1.54, 1.807) is 17.0 Å². The van der Waals surface area contributed by atoms with Crippen LogP contribution in [0.5, 0.6) is 5.75 Å². The summed E-state index contributed by atoms with van der Waals surface area (Å²) >= 11 is 0. The van der Waals surface area contributed by atoms with Gasteiger partial charge in [-0.3, -0.25) is 9.59 Å². The van der Waals surface area contributed by atoms with E-state index in [1.807, 2.05) is 18.2 Å². The normalized spacial score (nSPS) is 18.1. The Labute approximate surface area is 194 Å². The van der Waals surface area contributed by atoms with Crippen LogP contribution in [0.15, 0.2) is 53.4 Å². The molecule has 2 aliphatic rings. The number of carbonyl (C=O) groups excluding carboxylic acids is 2. The van der Waals surface area contributed by atoms with Crippen molar-refractivity contribution >= 4 is 21.8 Å². The molecule has 4 rings (SSSR count). The van der Waals surface area contributed by atoms with Crippen LogP contribution in [0.1, 0.15) is 54.1 Å². The quantitative estimate of drug-likeness (QED) is 0.668. The number of piperidine rings is 1. The van der Waals surface area contributed by atoms with Crippen molar-refractivity contribution in [2.75, 3.05) is 26.2 Å². The minimum absolute atomic E-state index is 0.0100. The first-order valence-corrected chi connectivity index (χ1v) is 12.8. The average molecular weight is 472 g/mol. The predicted octanol–water partition coefficient (Wildman–Crippen LogP) is 2.70. The van der Waals surface area contributed by atoms with Crippen molar-refractivity contribution < 1.29 is 22.7 Å². The molecule has 33 heavy (non-hydrogen) atoms. The molecule has 176 valence electrons. The first-order chi connectivity index (χ1) is 15.9. The number of amides is 2. The van der Waals surface area contributed by atoms with Crippen LogP contribution in [0.2, 0.25) is 0 Å². The predicted molar refractivity (Wildman–Crippen MR) is 123 cm³/mol. The van der Waals surface area contributed by atoms with Gasteiger partial charge in [0.1, 0.15) is 5.75 Å². The summed E-state index contributed by atoms with van der Waals surface area (Å²) < 4.78 is 33.4. The Hall–Kier alpha value is -2.91. The van der Waals surface area contributed by atoms with E-state index < -0.39 is 22.0 Å². The zero-order valence-corrected chi connectivity index (χ0v) is 19.3. The maximum atomic E-state index is 13.4. The molecule has 2 fully saturated rings. The zero-order valence-electron chi connectivity index (χ0n) is 18.5. The fraction of sp³-hybridized carbons (Fsp3) is 0.417. The molecule has 2 N–H and O–H groups in total. The first kappa shape index (κ1) is 23.3. The van der Waals surface area contributed by atoms with Crippen molar-refractivity contribution in [2.45, 2.75) is 43.1 Å². The van der Waals surface area contributed by atoms with Crippen molar-refractivity contribution in [1.29, 1.82) is 0 Å². The molecule has 2 saturated heterocycles. The number of benzene rings is 2. The van der Waals surface area contributed by atoms with Crippen LogP contribution in [-0.2, 0) is 14.8 Å². The molecule has 8 nitrogen and oxygen atoms in total. The number of hydrogen-bond acceptors (Lipinski definition) is 5. The summed E-state index contributed by atoms with van der Waals surface area (Å²) in [6.07, 6.45) is 3.59. The van der Waals surface area contributed by atoms with Gasteiger partial charge in [0.05, 0.1) is 10.5 Å². The number of rotatable bonds is 7. The first-order valence-electron chi connectivity index (χ1n) is 11.3. The van der Waals surface area contributed by atoms with E-state index in [4.69, 9.17) is 10.5 Å². The third-order valence-corrected chi connectivity index (χ3v) is 8.05. The molecule has 0 bridgehead atoms. The van der Waals surface area contributed by atoms with Gasteiger partial charge in [-0.2, -0.15) is 4.31 Å². The number of nitrogens with zero attached hydrogens (tertiary/aromatic N) is 2. The van der Waals surface area contributed by atoms with Crippen LogP contribution in [0.25, 0.3) is 0 Å². The Morgan fingerprint density at radius 1 is 0.879 bits per heavy atom. The molecule has 2 aliphatic heterocycles. The largest absolute Gasteiger partial charge is 0.475 e. The van der Waals surface area contributed by atoms with Gasteiger partial charge in [-0.05, 0) is 50.3 Å². The highest BCUT2D eigenvalue weighted by Gasteiger charge is 2.32. The lowest BCUT2D eigenvalue weighted by atomic mass is 10.1. The standard InChI is InChI=1S/C24H29N3O5S/c25-23(28)20-17-19(33(30,31)27-15-7-8-16-27)11-12-21(20)32-22(18-9-3-1-4-10-18)24(29)26-13-5-2-6-14-26/h1,3-4,9-12,17,22H,2,5-8,13-16H2,(H2,25,28)/t22-/m0/s1. The Balaban J connectivity index is 1.68. The molecule has 2 aromatic carbocycles. The highest BCUT2D eigenvalue weighted by atomic mass is 32.2. The Morgan fingerprint density at radius 2 is 1.52 bits per heavy atom. The lowest BCUT2D eigenvalue weighted by Crippen LogP contribution is -2.40. The van der Waals surface area contributed by atoms with Crippen molar-refractivity contribution in [2.24, 2.45) is 5.73 Å². The second kappa shape index (κ2) is 9.93. The number of sulfonamides is 1. The van der Waals surface area contributed by atoms with E-state index in [0.717, 1.165) is 32.1 Å². The number of nitrogens with two attached hydrogens (primary N) is 1. The molecule has 9 heteroatoms. The van der Waals surface area contributed by atoms with E-state index >= 15 is 0 Å². The van der Waals surface area contributed by atoms with Gasteiger partial charge in [-0.15, -0.1) is 0 Å². The minimum Gasteiger partial charge on any atom is -0.475 e. The zero-order chi connectivity index (χ0) is 23.4. The number of primary amides is 1. The third-order valence-electron chi connectivity index (χ3n) is 6.16. The van der Waals surface area contributed by atoms with Crippen molar-refractivity contribution in [1.82, 2.24) is 9.21 Å². The van der Waals surface area contributed by atoms with Gasteiger partial charge in [0.15, 0.2) is 0 Å². The monoisotopic (exact) mass is 471 g/mol. The summed E-state index contributed by atoms with van der Waals surface area (Å²) in [6.45, 7) is 2.21. The molecule has 2 heterocycles. The minimum atomic E-state index is -3.73. The van der Waals surface area contributed by atoms with Gasteiger partial charge in [-0.25, -0.2) is 8.42 Å². The Kier molecular flexibility index (Phi) is 6.99. The van der Waals surface area contributed by atoms with Crippen LogP contribution < -0.4 is 10.5 Å². The van der Waals surface area contributed by atoms with Gasteiger partial charge < -0.3 is 15.4 Å². The maximum absolute atomic E-state index is 13.4. The summed E-state index contributed by atoms with van der Waals surface area (Å²) in [6, 6.07) is 13.1. The van der Waals surface area contributed by atoms with Crippen LogP contribution in [0, 0.1) is 0 Å². The van der Waals surface area contributed by atoms with Gasteiger partial charge in [0, 0.05) is 31.7 Å². The molecule has 0 spiro atoms. The lowest BCUT2D eigenvalue weighted by molar-refractivity contribution is -0.140. The van der Waals surface area contributed by atoms with Crippen LogP contribution in [-0.4, -0.2) is 55.6 Å². The molecule has 0 radical (unpaired) electrons. The summed E-state index contributed by atoms with van der Waals surface area (Å²) in [5.74, 6) is -0.923. The second-order valence-corrected chi connectivity index (χ2v) is 10.4. The lowest BCUT2D eigenvalue weighted by Gasteiger charge is -2.31. The number of carbonyl (C=O) groups is 2. The van der Waals surface area contributed by atoms with Gasteiger partial charge >= 0.3 is 0 Å². The molecule has 0 aliphatic carbocycles. The van der Waals surface area contributed by atoms with E-state index in [-0.39, 0.29) is 22.1 Å². The molecule has 2 aromatic rings. The summed E-state index contributed by atoms with van der Waals surface area (Å²) in [4.78, 5) is 27.4. The van der Waals surface area contributed by atoms with E-state index in [2.05, 4.69) is 0 Å². The molecule has 0 aromatic heterocycles. The fourth-order valence-corrected chi connectivity index (χ4v) is 5.88. The Morgan fingerprint density at radius 3 is 2.15 bits per heavy atom. The topological polar surface area (TPSA) is 110 Å². The van der Waals surface area contributed by atoms with E-state index in [1.165, 1.54) is 22.5 Å². The highest BCUT2D eigenvalue weighted by Crippen LogP contribution is 2.31. The average Bonchev–Trinajstić information content (AvgIpc) is 3.39. The number of likely N-dealkylation sites (tertiary alicyclic amines) is 1. The molecule has 0 saturated carbocycles. The fourth-order valence-electron chi connectivity index (χ4n) is 4.34. The SMILES string of the molecule is NC(=O)c1cc(S(=O)(=O)N2CCCC2)ccc1O[C@H](C(=O)N1CCCCC1)c1ccccc1. The number of hydrogen-bond donors (Lipinski definition) is 1. The summed E-state index contributed by atoms with van der Waals surface area (Å²) in [5.41, 5.74) is 6.17. The number of ether oxygens (including phenoxy) is 1. The molecule has 2 amide bonds. The Bertz CT molecular complexity index is 1110. The van der Waals surface area contributed by atoms with Crippen LogP contribution in [0.4, 0.5) is 0 Å². The highest BCUT2D eigenvalue weighted by molar-refractivity contribution is 7.89. The summed E-state index contributed by atoms with van der Waals surface area (Å²) in [7, 11) is -3.73. The van der Waals surface area contributed by atoms with Gasteiger partial charge in [0.25, 0.3) is 11.8 Å².